The zero-order valence-corrected chi connectivity index (χ0v) is 30.7. The molecule has 2 amide bonds. The number of nitrogens with zero attached hydrogens (tertiary/aromatic N) is 2. The van der Waals surface area contributed by atoms with Crippen molar-refractivity contribution >= 4 is 11.8 Å². The second-order valence-electron chi connectivity index (χ2n) is 12.2. The normalized spacial score (nSPS) is 25.8. The van der Waals surface area contributed by atoms with Crippen molar-refractivity contribution in [1.29, 1.82) is 0 Å². The third-order valence-corrected chi connectivity index (χ3v) is 9.83. The van der Waals surface area contributed by atoms with Gasteiger partial charge in [-0.2, -0.15) is 0 Å². The molecule has 4 aliphatic rings. The zero-order chi connectivity index (χ0) is 30.9. The van der Waals surface area contributed by atoms with Crippen molar-refractivity contribution in [2.24, 2.45) is 0 Å². The fourth-order valence-corrected chi connectivity index (χ4v) is 7.55. The van der Waals surface area contributed by atoms with Crippen LogP contribution in [-0.2, 0) is 22.4 Å². The van der Waals surface area contributed by atoms with E-state index < -0.39 is 18.3 Å². The molecule has 44 heavy (non-hydrogen) atoms. The molecule has 12 heteroatoms. The Balaban J connectivity index is 0.00000384. The summed E-state index contributed by atoms with van der Waals surface area (Å²) in [5, 5.41) is 40.6. The molecule has 1 unspecified atom stereocenters. The molecular formula is C32H40AcN4O7. The van der Waals surface area contributed by atoms with Crippen molar-refractivity contribution < 1.29 is 78.4 Å². The maximum Gasteiger partial charge on any atom is 0.244 e. The predicted octanol–water partition coefficient (Wildman–Crippen LogP) is 2.15. The molecule has 4 heterocycles. The molecule has 6 rings (SSSR count). The topological polar surface area (TPSA) is 144 Å². The minimum absolute atomic E-state index is 0. The Morgan fingerprint density at radius 1 is 1.07 bits per heavy atom. The Bertz CT molecular complexity index is 1550. The molecule has 0 saturated carbocycles. The van der Waals surface area contributed by atoms with Gasteiger partial charge >= 0.3 is 0 Å². The summed E-state index contributed by atoms with van der Waals surface area (Å²) in [5.41, 5.74) is 5.58. The maximum atomic E-state index is 13.2. The molecule has 2 aromatic rings. The number of rotatable bonds is 5. The number of phenols is 2. The number of benzene rings is 2. The molecule has 0 aliphatic carbocycles. The average molecular weight is 820 g/mol. The number of allylic oxidation sites excluding steroid dienone is 1. The largest absolute Gasteiger partial charge is 0.507 e. The molecule has 1 saturated heterocycles. The average Bonchev–Trinajstić information content (AvgIpc) is 3.46. The monoisotopic (exact) mass is 819 g/mol. The fraction of sp³-hybridized carbons (Fsp3) is 0.500. The quantitative estimate of drug-likeness (QED) is 0.287. The standard InChI is InChI=1S/C32H40N4O7.Ac/c1-7-8-23(37)34-17(5)31(40)33-12-22-25-19(27(38)16(4)29-30(25)43-13-42-29)11-20-26-24-18(9-14(2)15(3)28(24)39)10-21(35(26)6)32(41)36(20)22;/h7-9,17,20-22,26,32,38-39,41H,10-13H2,1-6H3,(H,33,40)(H,34,37);/b8-7+;/t17-,20?,21-,22-,26-,32-;/m0./s1. The van der Waals surface area contributed by atoms with Crippen LogP contribution in [-0.4, -0.2) is 81.7 Å². The first-order chi connectivity index (χ1) is 20.5. The number of aliphatic hydroxyl groups is 1. The molecule has 1 radical (unpaired) electrons. The summed E-state index contributed by atoms with van der Waals surface area (Å²) in [6, 6.07) is -0.203. The summed E-state index contributed by atoms with van der Waals surface area (Å²) in [6.45, 7) is 9.08. The van der Waals surface area contributed by atoms with Crippen molar-refractivity contribution in [3.05, 3.63) is 57.2 Å². The number of nitrogens with one attached hydrogen (secondary N) is 2. The van der Waals surface area contributed by atoms with E-state index in [1.54, 1.807) is 26.8 Å². The number of aliphatic hydroxyl groups excluding tert-OH is 1. The van der Waals surface area contributed by atoms with Gasteiger partial charge in [-0.05, 0) is 77.3 Å². The number of ether oxygens (including phenoxy) is 2. The molecule has 233 valence electrons. The third-order valence-electron chi connectivity index (χ3n) is 9.83. The van der Waals surface area contributed by atoms with Crippen LogP contribution in [0, 0.1) is 64.8 Å². The Morgan fingerprint density at radius 2 is 1.77 bits per heavy atom. The van der Waals surface area contributed by atoms with E-state index in [0.29, 0.717) is 41.0 Å². The zero-order valence-electron chi connectivity index (χ0n) is 26.0. The van der Waals surface area contributed by atoms with E-state index in [9.17, 15) is 24.9 Å². The van der Waals surface area contributed by atoms with Crippen LogP contribution in [0.15, 0.2) is 18.2 Å². The van der Waals surface area contributed by atoms with E-state index in [-0.39, 0.29) is 98.8 Å². The molecule has 1 fully saturated rings. The SMILES string of the molecule is C/C=C/C(=O)N[C@@H](C)C(=O)NC[C@H]1c2c(c(O)c(C)c3c2OCO3)CC2[C@H]3c4c(cc(C)c(C)c4O)C[C@@H]([C@H](O)N21)N3C.[Ac]. The van der Waals surface area contributed by atoms with Gasteiger partial charge in [0.15, 0.2) is 11.5 Å². The molecular weight excluding hydrogens is 779 g/mol. The Hall–Kier alpha value is -2.36. The molecule has 0 aromatic heterocycles. The van der Waals surface area contributed by atoms with Gasteiger partial charge in [-0.25, -0.2) is 0 Å². The van der Waals surface area contributed by atoms with Gasteiger partial charge in [-0.1, -0.05) is 12.1 Å². The molecule has 0 spiro atoms. The van der Waals surface area contributed by atoms with Crippen LogP contribution < -0.4 is 20.1 Å². The van der Waals surface area contributed by atoms with Crippen molar-refractivity contribution in [3.63, 3.8) is 0 Å². The van der Waals surface area contributed by atoms with Crippen LogP contribution in [0.4, 0.5) is 0 Å². The first-order valence-electron chi connectivity index (χ1n) is 14.8. The number of aryl methyl sites for hydroxylation is 1. The van der Waals surface area contributed by atoms with Gasteiger partial charge in [0, 0.05) is 78.9 Å². The molecule has 11 nitrogen and oxygen atoms in total. The number of fused-ring (bicyclic) bond motifs is 9. The molecule has 2 aromatic carbocycles. The van der Waals surface area contributed by atoms with Gasteiger partial charge < -0.3 is 35.4 Å². The van der Waals surface area contributed by atoms with E-state index in [2.05, 4.69) is 21.6 Å². The number of piperazine rings is 1. The summed E-state index contributed by atoms with van der Waals surface area (Å²) >= 11 is 0. The second-order valence-corrected chi connectivity index (χ2v) is 12.2. The third kappa shape index (κ3) is 5.11. The number of carbonyl (C=O) groups is 2. The van der Waals surface area contributed by atoms with Gasteiger partial charge in [0.2, 0.25) is 18.6 Å². The number of phenolic OH excluding ortho intramolecular Hbond substituents is 2. The van der Waals surface area contributed by atoms with Crippen molar-refractivity contribution in [1.82, 2.24) is 20.4 Å². The Morgan fingerprint density at radius 3 is 2.48 bits per heavy atom. The van der Waals surface area contributed by atoms with Crippen LogP contribution >= 0.6 is 0 Å². The van der Waals surface area contributed by atoms with E-state index in [0.717, 1.165) is 22.3 Å². The van der Waals surface area contributed by atoms with Gasteiger partial charge in [-0.15, -0.1) is 0 Å². The number of hydrogen-bond donors (Lipinski definition) is 5. The first kappa shape index (κ1) is 33.0. The number of amides is 2. The summed E-state index contributed by atoms with van der Waals surface area (Å²) in [6.07, 6.45) is 2.95. The van der Waals surface area contributed by atoms with Gasteiger partial charge in [-0.3, -0.25) is 19.4 Å². The molecule has 2 bridgehead atoms. The Kier molecular flexibility index (Phi) is 9.34. The minimum atomic E-state index is -0.925. The van der Waals surface area contributed by atoms with Gasteiger partial charge in [0.1, 0.15) is 23.8 Å². The van der Waals surface area contributed by atoms with E-state index in [1.165, 1.54) is 6.08 Å². The Labute approximate surface area is 293 Å². The molecule has 4 aliphatic heterocycles. The fourth-order valence-electron chi connectivity index (χ4n) is 7.55. The molecule has 5 N–H and O–H groups in total. The number of hydrogen-bond acceptors (Lipinski definition) is 9. The van der Waals surface area contributed by atoms with Gasteiger partial charge in [0.05, 0.1) is 18.1 Å². The van der Waals surface area contributed by atoms with Crippen molar-refractivity contribution in [2.75, 3.05) is 20.4 Å². The van der Waals surface area contributed by atoms with Crippen LogP contribution in [0.25, 0.3) is 0 Å². The van der Waals surface area contributed by atoms with Crippen LogP contribution in [0.2, 0.25) is 0 Å². The number of carbonyl (C=O) groups excluding carboxylic acids is 2. The number of likely N-dealkylation sites (N-methyl/N-ethyl adjacent to an activating group) is 1. The van der Waals surface area contributed by atoms with Crippen molar-refractivity contribution in [2.45, 2.75) is 83.9 Å². The summed E-state index contributed by atoms with van der Waals surface area (Å²) in [7, 11) is 1.97. The van der Waals surface area contributed by atoms with E-state index in [1.807, 2.05) is 25.8 Å². The second kappa shape index (κ2) is 12.4. The molecule has 6 atom stereocenters. The van der Waals surface area contributed by atoms with E-state index >= 15 is 0 Å². The van der Waals surface area contributed by atoms with Crippen LogP contribution in [0.1, 0.15) is 64.9 Å². The number of aromatic hydroxyl groups is 2. The predicted molar refractivity (Wildman–Crippen MR) is 158 cm³/mol. The maximum absolute atomic E-state index is 13.2. The summed E-state index contributed by atoms with van der Waals surface area (Å²) in [5.74, 6) is 0.558. The van der Waals surface area contributed by atoms with E-state index in [4.69, 9.17) is 9.47 Å². The smallest absolute Gasteiger partial charge is 0.244 e. The summed E-state index contributed by atoms with van der Waals surface area (Å²) < 4.78 is 11.7. The summed E-state index contributed by atoms with van der Waals surface area (Å²) in [4.78, 5) is 29.4. The minimum Gasteiger partial charge on any atom is -0.507 e. The van der Waals surface area contributed by atoms with Crippen LogP contribution in [0.5, 0.6) is 23.0 Å². The van der Waals surface area contributed by atoms with Gasteiger partial charge in [0.25, 0.3) is 0 Å². The van der Waals surface area contributed by atoms with Crippen molar-refractivity contribution in [3.8, 4) is 23.0 Å². The van der Waals surface area contributed by atoms with Crippen LogP contribution in [0.3, 0.4) is 0 Å². The first-order valence-corrected chi connectivity index (χ1v) is 14.8.